The summed E-state index contributed by atoms with van der Waals surface area (Å²) in [6, 6.07) is 5.90. The first-order valence-electron chi connectivity index (χ1n) is 8.75. The van der Waals surface area contributed by atoms with E-state index in [4.69, 9.17) is 0 Å². The van der Waals surface area contributed by atoms with Crippen molar-refractivity contribution in [2.24, 2.45) is 23.7 Å². The number of hydrogen-bond acceptors (Lipinski definition) is 3. The van der Waals surface area contributed by atoms with Gasteiger partial charge in [-0.2, -0.15) is 0 Å². The molecule has 2 bridgehead atoms. The Morgan fingerprint density at radius 1 is 1.04 bits per heavy atom. The van der Waals surface area contributed by atoms with Crippen LogP contribution in [-0.4, -0.2) is 36.2 Å². The lowest BCUT2D eigenvalue weighted by atomic mass is 9.85. The molecule has 5 heteroatoms. The Morgan fingerprint density at radius 2 is 1.56 bits per heavy atom. The molecular weight excluding hydrogens is 316 g/mol. The molecule has 0 radical (unpaired) electrons. The molecule has 3 aliphatic rings. The maximum atomic E-state index is 12.7. The lowest BCUT2D eigenvalue weighted by Gasteiger charge is -2.22. The normalized spacial score (nSPS) is 29.5. The number of likely N-dealkylation sites (tertiary alicyclic amines) is 1. The third-order valence-corrected chi connectivity index (χ3v) is 5.82. The van der Waals surface area contributed by atoms with Gasteiger partial charge in [0.2, 0.25) is 17.7 Å². The van der Waals surface area contributed by atoms with Crippen LogP contribution in [0.5, 0.6) is 0 Å². The SMILES string of the molecule is Cc1cc(C)cc(N(C)C(=O)CN2C(=O)[C@H]3[C@H](C2=O)[C@H]2C=C[C@H]3C2)c1. The molecule has 1 aliphatic heterocycles. The van der Waals surface area contributed by atoms with Gasteiger partial charge >= 0.3 is 0 Å². The largest absolute Gasteiger partial charge is 0.314 e. The average molecular weight is 338 g/mol. The van der Waals surface area contributed by atoms with Crippen molar-refractivity contribution < 1.29 is 14.4 Å². The minimum Gasteiger partial charge on any atom is -0.314 e. The lowest BCUT2D eigenvalue weighted by molar-refractivity contribution is -0.143. The zero-order valence-corrected chi connectivity index (χ0v) is 14.7. The topological polar surface area (TPSA) is 57.7 Å². The molecule has 25 heavy (non-hydrogen) atoms. The van der Waals surface area contributed by atoms with Gasteiger partial charge in [0, 0.05) is 12.7 Å². The number of hydrogen-bond donors (Lipinski definition) is 0. The highest BCUT2D eigenvalue weighted by Crippen LogP contribution is 2.52. The van der Waals surface area contributed by atoms with Crippen molar-refractivity contribution >= 4 is 23.4 Å². The van der Waals surface area contributed by atoms with Gasteiger partial charge in [-0.25, -0.2) is 0 Å². The maximum absolute atomic E-state index is 12.7. The molecule has 2 aliphatic carbocycles. The van der Waals surface area contributed by atoms with E-state index in [1.807, 2.05) is 32.0 Å². The van der Waals surface area contributed by atoms with Crippen molar-refractivity contribution in [2.75, 3.05) is 18.5 Å². The van der Waals surface area contributed by atoms with Gasteiger partial charge in [0.25, 0.3) is 0 Å². The summed E-state index contributed by atoms with van der Waals surface area (Å²) in [7, 11) is 1.69. The van der Waals surface area contributed by atoms with Crippen molar-refractivity contribution in [3.8, 4) is 0 Å². The number of aryl methyl sites for hydroxylation is 2. The second-order valence-electron chi connectivity index (χ2n) is 7.56. The second kappa shape index (κ2) is 5.55. The zero-order chi connectivity index (χ0) is 17.9. The molecule has 1 saturated heterocycles. The Hall–Kier alpha value is -2.43. The fourth-order valence-electron chi connectivity index (χ4n) is 4.65. The summed E-state index contributed by atoms with van der Waals surface area (Å²) < 4.78 is 0. The van der Waals surface area contributed by atoms with Crippen molar-refractivity contribution in [1.82, 2.24) is 4.90 Å². The molecule has 0 spiro atoms. The number of nitrogens with zero attached hydrogens (tertiary/aromatic N) is 2. The van der Waals surface area contributed by atoms with E-state index in [1.165, 1.54) is 9.80 Å². The minimum absolute atomic E-state index is 0.170. The summed E-state index contributed by atoms with van der Waals surface area (Å²) in [5.41, 5.74) is 2.92. The molecule has 1 heterocycles. The van der Waals surface area contributed by atoms with Gasteiger partial charge in [-0.1, -0.05) is 18.2 Å². The fourth-order valence-corrected chi connectivity index (χ4v) is 4.65. The van der Waals surface area contributed by atoms with E-state index in [1.54, 1.807) is 7.05 Å². The molecule has 4 rings (SSSR count). The van der Waals surface area contributed by atoms with Gasteiger partial charge in [0.05, 0.1) is 11.8 Å². The molecule has 0 N–H and O–H groups in total. The summed E-state index contributed by atoms with van der Waals surface area (Å²) in [6.45, 7) is 3.78. The number of anilines is 1. The smallest absolute Gasteiger partial charge is 0.246 e. The average Bonchev–Trinajstić information content (AvgIpc) is 3.23. The number of rotatable bonds is 3. The van der Waals surface area contributed by atoms with Crippen LogP contribution in [0.2, 0.25) is 0 Å². The number of carbonyl (C=O) groups excluding carboxylic acids is 3. The Kier molecular flexibility index (Phi) is 3.56. The second-order valence-corrected chi connectivity index (χ2v) is 7.56. The number of carbonyl (C=O) groups is 3. The Morgan fingerprint density at radius 3 is 2.08 bits per heavy atom. The lowest BCUT2D eigenvalue weighted by Crippen LogP contribution is -2.42. The first-order chi connectivity index (χ1) is 11.9. The number of benzene rings is 1. The van der Waals surface area contributed by atoms with E-state index in [-0.39, 0.29) is 47.9 Å². The van der Waals surface area contributed by atoms with Crippen LogP contribution in [-0.2, 0) is 14.4 Å². The predicted molar refractivity (Wildman–Crippen MR) is 93.8 cm³/mol. The van der Waals surface area contributed by atoms with Crippen LogP contribution in [0.1, 0.15) is 17.5 Å². The Labute approximate surface area is 147 Å². The summed E-state index contributed by atoms with van der Waals surface area (Å²) >= 11 is 0. The predicted octanol–water partition coefficient (Wildman–Crippen LogP) is 2.07. The van der Waals surface area contributed by atoms with E-state index in [2.05, 4.69) is 12.2 Å². The molecule has 0 aromatic heterocycles. The first-order valence-corrected chi connectivity index (χ1v) is 8.75. The van der Waals surface area contributed by atoms with Crippen molar-refractivity contribution in [3.63, 3.8) is 0 Å². The number of fused-ring (bicyclic) bond motifs is 5. The standard InChI is InChI=1S/C20H22N2O3/c1-11-6-12(2)8-15(7-11)21(3)16(23)10-22-19(24)17-13-4-5-14(9-13)18(17)20(22)25/h4-8,13-14,17-18H,9-10H2,1-3H3/t13-,14-,17+,18+/m0/s1. The van der Waals surface area contributed by atoms with Gasteiger partial charge in [-0.3, -0.25) is 19.3 Å². The number of allylic oxidation sites excluding steroid dienone is 2. The number of amides is 3. The molecule has 4 atom stereocenters. The molecule has 130 valence electrons. The summed E-state index contributed by atoms with van der Waals surface area (Å²) in [4.78, 5) is 40.8. The summed E-state index contributed by atoms with van der Waals surface area (Å²) in [5.74, 6) is -0.744. The monoisotopic (exact) mass is 338 g/mol. The zero-order valence-electron chi connectivity index (χ0n) is 14.7. The molecule has 1 saturated carbocycles. The van der Waals surface area contributed by atoms with Crippen LogP contribution in [0, 0.1) is 37.5 Å². The number of imide groups is 1. The highest BCUT2D eigenvalue weighted by Gasteiger charge is 2.59. The van der Waals surface area contributed by atoms with E-state index in [9.17, 15) is 14.4 Å². The molecule has 0 unspecified atom stereocenters. The third kappa shape index (κ3) is 2.41. The van der Waals surface area contributed by atoms with Gasteiger partial charge < -0.3 is 4.90 Å². The van der Waals surface area contributed by atoms with Crippen LogP contribution in [0.3, 0.4) is 0 Å². The molecule has 3 amide bonds. The van der Waals surface area contributed by atoms with Crippen LogP contribution >= 0.6 is 0 Å². The molecule has 2 fully saturated rings. The van der Waals surface area contributed by atoms with Gasteiger partial charge in [0.15, 0.2) is 0 Å². The van der Waals surface area contributed by atoms with E-state index in [0.29, 0.717) is 0 Å². The highest BCUT2D eigenvalue weighted by molar-refractivity contribution is 6.09. The Balaban J connectivity index is 1.51. The van der Waals surface area contributed by atoms with Crippen LogP contribution < -0.4 is 4.90 Å². The molecule has 1 aromatic carbocycles. The van der Waals surface area contributed by atoms with Crippen LogP contribution in [0.25, 0.3) is 0 Å². The van der Waals surface area contributed by atoms with E-state index < -0.39 is 0 Å². The van der Waals surface area contributed by atoms with E-state index >= 15 is 0 Å². The minimum atomic E-state index is -0.248. The van der Waals surface area contributed by atoms with Crippen molar-refractivity contribution in [1.29, 1.82) is 0 Å². The number of likely N-dealkylation sites (N-methyl/N-ethyl adjacent to an activating group) is 1. The van der Waals surface area contributed by atoms with Gasteiger partial charge in [-0.15, -0.1) is 0 Å². The van der Waals surface area contributed by atoms with Gasteiger partial charge in [0.1, 0.15) is 6.54 Å². The van der Waals surface area contributed by atoms with E-state index in [0.717, 1.165) is 23.2 Å². The summed E-state index contributed by atoms with van der Waals surface area (Å²) in [5, 5.41) is 0. The summed E-state index contributed by atoms with van der Waals surface area (Å²) in [6.07, 6.45) is 5.02. The quantitative estimate of drug-likeness (QED) is 0.626. The fraction of sp³-hybridized carbons (Fsp3) is 0.450. The molecule has 1 aromatic rings. The third-order valence-electron chi connectivity index (χ3n) is 5.82. The molecule has 5 nitrogen and oxygen atoms in total. The highest BCUT2D eigenvalue weighted by atomic mass is 16.2. The van der Waals surface area contributed by atoms with Crippen LogP contribution in [0.4, 0.5) is 5.69 Å². The Bertz CT molecular complexity index is 763. The van der Waals surface area contributed by atoms with Crippen molar-refractivity contribution in [2.45, 2.75) is 20.3 Å². The van der Waals surface area contributed by atoms with Gasteiger partial charge in [-0.05, 0) is 55.4 Å². The maximum Gasteiger partial charge on any atom is 0.246 e. The van der Waals surface area contributed by atoms with Crippen molar-refractivity contribution in [3.05, 3.63) is 41.5 Å². The molecular formula is C20H22N2O3. The van der Waals surface area contributed by atoms with Crippen LogP contribution in [0.15, 0.2) is 30.4 Å². The first kappa shape index (κ1) is 16.1.